The second-order valence-electron chi connectivity index (χ2n) is 4.39. The molecule has 0 aliphatic carbocycles. The van der Waals surface area contributed by atoms with Gasteiger partial charge in [0.05, 0.1) is 17.6 Å². The van der Waals surface area contributed by atoms with Gasteiger partial charge in [-0.05, 0) is 32.9 Å². The number of hydrogen-bond acceptors (Lipinski definition) is 4. The highest BCUT2D eigenvalue weighted by atomic mass is 32.2. The maximum atomic E-state index is 11.8. The lowest BCUT2D eigenvalue weighted by molar-refractivity contribution is -0.113. The normalized spacial score (nSPS) is 16.7. The molecule has 0 saturated carbocycles. The molecule has 1 aromatic rings. The molecular formula is C12H20N4OS. The second-order valence-corrected chi connectivity index (χ2v) is 5.68. The third-order valence-corrected chi connectivity index (χ3v) is 4.35. The van der Waals surface area contributed by atoms with Crippen LogP contribution >= 0.6 is 11.8 Å². The van der Waals surface area contributed by atoms with Gasteiger partial charge in [-0.1, -0.05) is 0 Å². The summed E-state index contributed by atoms with van der Waals surface area (Å²) < 4.78 is 1.80. The van der Waals surface area contributed by atoms with Crippen molar-refractivity contribution in [2.45, 2.75) is 31.6 Å². The van der Waals surface area contributed by atoms with Gasteiger partial charge in [0.15, 0.2) is 0 Å². The Balaban J connectivity index is 1.71. The van der Waals surface area contributed by atoms with Gasteiger partial charge in [-0.25, -0.2) is 0 Å². The number of nitrogens with zero attached hydrogens (tertiary/aromatic N) is 2. The zero-order valence-electron chi connectivity index (χ0n) is 10.7. The fourth-order valence-corrected chi connectivity index (χ4v) is 2.98. The number of nitrogens with one attached hydrogen (secondary N) is 2. The maximum absolute atomic E-state index is 11.8. The van der Waals surface area contributed by atoms with Crippen molar-refractivity contribution in [1.82, 2.24) is 15.1 Å². The van der Waals surface area contributed by atoms with Crippen LogP contribution in [-0.2, 0) is 11.3 Å². The van der Waals surface area contributed by atoms with Crippen LogP contribution in [0.2, 0.25) is 0 Å². The molecule has 1 fully saturated rings. The van der Waals surface area contributed by atoms with Crippen LogP contribution in [-0.4, -0.2) is 39.8 Å². The first-order valence-corrected chi connectivity index (χ1v) is 7.47. The Morgan fingerprint density at radius 3 is 3.06 bits per heavy atom. The Kier molecular flexibility index (Phi) is 5.07. The predicted molar refractivity (Wildman–Crippen MR) is 74.9 cm³/mol. The quantitative estimate of drug-likeness (QED) is 0.846. The van der Waals surface area contributed by atoms with E-state index in [-0.39, 0.29) is 5.91 Å². The van der Waals surface area contributed by atoms with Gasteiger partial charge in [0, 0.05) is 18.0 Å². The Labute approximate surface area is 112 Å². The molecule has 0 spiro atoms. The molecule has 1 aromatic heterocycles. The van der Waals surface area contributed by atoms with Gasteiger partial charge < -0.3 is 10.6 Å². The summed E-state index contributed by atoms with van der Waals surface area (Å²) in [5.74, 6) is 0.594. The molecule has 100 valence electrons. The van der Waals surface area contributed by atoms with Gasteiger partial charge >= 0.3 is 0 Å². The van der Waals surface area contributed by atoms with Crippen molar-refractivity contribution in [2.24, 2.45) is 0 Å². The third kappa shape index (κ3) is 4.03. The van der Waals surface area contributed by atoms with Gasteiger partial charge in [0.25, 0.3) is 0 Å². The fourth-order valence-electron chi connectivity index (χ4n) is 1.95. The zero-order valence-corrected chi connectivity index (χ0v) is 11.5. The van der Waals surface area contributed by atoms with Crippen molar-refractivity contribution < 1.29 is 4.79 Å². The third-order valence-electron chi connectivity index (χ3n) is 2.98. The lowest BCUT2D eigenvalue weighted by atomic mass is 10.2. The van der Waals surface area contributed by atoms with Gasteiger partial charge in [-0.3, -0.25) is 9.48 Å². The highest BCUT2D eigenvalue weighted by Crippen LogP contribution is 2.20. The van der Waals surface area contributed by atoms with Crippen LogP contribution in [0.3, 0.4) is 0 Å². The van der Waals surface area contributed by atoms with E-state index in [2.05, 4.69) is 15.7 Å². The van der Waals surface area contributed by atoms with Crippen LogP contribution in [0.5, 0.6) is 0 Å². The van der Waals surface area contributed by atoms with Crippen molar-refractivity contribution >= 4 is 23.4 Å². The number of carbonyl (C=O) groups excluding carboxylic acids is 1. The zero-order chi connectivity index (χ0) is 12.8. The molecule has 5 nitrogen and oxygen atoms in total. The number of piperidine rings is 1. The molecule has 0 unspecified atom stereocenters. The summed E-state index contributed by atoms with van der Waals surface area (Å²) >= 11 is 1.76. The molecular weight excluding hydrogens is 248 g/mol. The highest BCUT2D eigenvalue weighted by molar-refractivity contribution is 8.00. The molecule has 0 atom stereocenters. The standard InChI is InChI=1S/C12H20N4OS/c1-2-16-8-10(7-14-16)15-12(17)9-18-11-3-5-13-6-4-11/h7-8,11,13H,2-6,9H2,1H3,(H,15,17). The van der Waals surface area contributed by atoms with Crippen molar-refractivity contribution in [3.05, 3.63) is 12.4 Å². The summed E-state index contributed by atoms with van der Waals surface area (Å²) in [6.45, 7) is 4.98. The van der Waals surface area contributed by atoms with Crippen LogP contribution in [0.4, 0.5) is 5.69 Å². The monoisotopic (exact) mass is 268 g/mol. The molecule has 2 N–H and O–H groups in total. The van der Waals surface area contributed by atoms with E-state index in [1.807, 2.05) is 13.1 Å². The molecule has 1 aliphatic rings. The first kappa shape index (κ1) is 13.4. The Morgan fingerprint density at radius 1 is 1.61 bits per heavy atom. The fraction of sp³-hybridized carbons (Fsp3) is 0.667. The van der Waals surface area contributed by atoms with E-state index in [1.165, 1.54) is 0 Å². The summed E-state index contributed by atoms with van der Waals surface area (Å²) in [7, 11) is 0. The minimum absolute atomic E-state index is 0.0641. The smallest absolute Gasteiger partial charge is 0.234 e. The first-order chi connectivity index (χ1) is 8.78. The second kappa shape index (κ2) is 6.80. The number of aryl methyl sites for hydroxylation is 1. The van der Waals surface area contributed by atoms with Gasteiger partial charge in [-0.2, -0.15) is 5.10 Å². The van der Waals surface area contributed by atoms with E-state index in [9.17, 15) is 4.79 Å². The van der Waals surface area contributed by atoms with E-state index < -0.39 is 0 Å². The van der Waals surface area contributed by atoms with Gasteiger partial charge in [-0.15, -0.1) is 11.8 Å². The van der Waals surface area contributed by atoms with E-state index in [0.717, 1.165) is 38.2 Å². The molecule has 0 radical (unpaired) electrons. The topological polar surface area (TPSA) is 59.0 Å². The number of carbonyl (C=O) groups is 1. The number of thioether (sulfide) groups is 1. The number of rotatable bonds is 5. The van der Waals surface area contributed by atoms with Crippen LogP contribution < -0.4 is 10.6 Å². The van der Waals surface area contributed by atoms with E-state index in [1.54, 1.807) is 22.6 Å². The predicted octanol–water partition coefficient (Wildman–Crippen LogP) is 1.33. The minimum atomic E-state index is 0.0641. The number of anilines is 1. The molecule has 1 saturated heterocycles. The van der Waals surface area contributed by atoms with Crippen LogP contribution in [0, 0.1) is 0 Å². The van der Waals surface area contributed by atoms with Gasteiger partial charge in [0.1, 0.15) is 0 Å². The summed E-state index contributed by atoms with van der Waals surface area (Å²) in [5, 5.41) is 10.9. The minimum Gasteiger partial charge on any atom is -0.323 e. The highest BCUT2D eigenvalue weighted by Gasteiger charge is 2.15. The van der Waals surface area contributed by atoms with Crippen LogP contribution in [0.25, 0.3) is 0 Å². The van der Waals surface area contributed by atoms with E-state index in [0.29, 0.717) is 11.0 Å². The molecule has 18 heavy (non-hydrogen) atoms. The summed E-state index contributed by atoms with van der Waals surface area (Å²) in [5.41, 5.74) is 0.785. The molecule has 2 rings (SSSR count). The van der Waals surface area contributed by atoms with Crippen LogP contribution in [0.1, 0.15) is 19.8 Å². The van der Waals surface area contributed by atoms with Gasteiger partial charge in [0.2, 0.25) is 5.91 Å². The van der Waals surface area contributed by atoms with Crippen molar-refractivity contribution in [3.63, 3.8) is 0 Å². The molecule has 2 heterocycles. The van der Waals surface area contributed by atoms with Crippen LogP contribution in [0.15, 0.2) is 12.4 Å². The average molecular weight is 268 g/mol. The molecule has 0 aromatic carbocycles. The lowest BCUT2D eigenvalue weighted by Crippen LogP contribution is -2.30. The molecule has 6 heteroatoms. The number of amides is 1. The summed E-state index contributed by atoms with van der Waals surface area (Å²) in [6.07, 6.45) is 5.86. The van der Waals surface area contributed by atoms with Crippen molar-refractivity contribution in [1.29, 1.82) is 0 Å². The van der Waals surface area contributed by atoms with Crippen molar-refractivity contribution in [2.75, 3.05) is 24.2 Å². The first-order valence-electron chi connectivity index (χ1n) is 6.42. The Morgan fingerprint density at radius 2 is 2.39 bits per heavy atom. The average Bonchev–Trinajstić information content (AvgIpc) is 2.85. The maximum Gasteiger partial charge on any atom is 0.234 e. The summed E-state index contributed by atoms with van der Waals surface area (Å²) in [4.78, 5) is 11.8. The largest absolute Gasteiger partial charge is 0.323 e. The van der Waals surface area contributed by atoms with E-state index in [4.69, 9.17) is 0 Å². The number of hydrogen-bond donors (Lipinski definition) is 2. The molecule has 1 aliphatic heterocycles. The van der Waals surface area contributed by atoms with Crippen molar-refractivity contribution in [3.8, 4) is 0 Å². The SMILES string of the molecule is CCn1cc(NC(=O)CSC2CCNCC2)cn1. The molecule has 1 amide bonds. The Bertz CT molecular complexity index is 387. The van der Waals surface area contributed by atoms with E-state index >= 15 is 0 Å². The number of aromatic nitrogens is 2. The Hall–Kier alpha value is -1.01. The lowest BCUT2D eigenvalue weighted by Gasteiger charge is -2.21. The summed E-state index contributed by atoms with van der Waals surface area (Å²) in [6, 6.07) is 0. The molecule has 0 bridgehead atoms.